The number of fused-ring (bicyclic) bond motifs is 3. The van der Waals surface area contributed by atoms with E-state index >= 15 is 0 Å². The molecule has 4 rings (SSSR count). The average Bonchev–Trinajstić information content (AvgIpc) is 3.24. The van der Waals surface area contributed by atoms with Crippen molar-refractivity contribution >= 4 is 33.9 Å². The average molecular weight is 510 g/mol. The molecule has 0 saturated carbocycles. The van der Waals surface area contributed by atoms with Crippen LogP contribution in [0.3, 0.4) is 0 Å². The molecule has 0 atom stereocenters. The zero-order valence-corrected chi connectivity index (χ0v) is 19.5. The minimum Gasteiger partial charge on any atom is -0.463 e. The Bertz CT molecular complexity index is 1480. The Balaban J connectivity index is 1.69. The number of alkyl halides is 3. The maximum atomic E-state index is 13.4. The predicted octanol–water partition coefficient (Wildman–Crippen LogP) is 6.90. The Kier molecular flexibility index (Phi) is 7.33. The molecule has 1 aromatic heterocycles. The van der Waals surface area contributed by atoms with E-state index in [1.54, 1.807) is 36.4 Å². The molecule has 0 unspecified atom stereocenters. The highest BCUT2D eigenvalue weighted by Crippen LogP contribution is 2.44. The molecule has 0 fully saturated rings. The van der Waals surface area contributed by atoms with E-state index in [1.165, 1.54) is 18.2 Å². The van der Waals surface area contributed by atoms with Gasteiger partial charge in [-0.2, -0.15) is 0 Å². The molecule has 0 amide bonds. The van der Waals surface area contributed by atoms with Crippen LogP contribution in [-0.2, 0) is 20.7 Å². The second kappa shape index (κ2) is 10.6. The first-order chi connectivity index (χ1) is 17.7. The number of esters is 2. The number of rotatable bonds is 9. The molecule has 0 bridgehead atoms. The molecule has 0 saturated heterocycles. The van der Waals surface area contributed by atoms with Crippen molar-refractivity contribution in [2.45, 2.75) is 19.2 Å². The van der Waals surface area contributed by atoms with Crippen molar-refractivity contribution < 1.29 is 41.4 Å². The van der Waals surface area contributed by atoms with E-state index in [0.29, 0.717) is 29.2 Å². The van der Waals surface area contributed by atoms with Gasteiger partial charge >= 0.3 is 18.3 Å². The summed E-state index contributed by atoms with van der Waals surface area (Å²) < 4.78 is 60.5. The van der Waals surface area contributed by atoms with Crippen LogP contribution in [0.2, 0.25) is 0 Å². The molecule has 0 N–H and O–H groups in total. The standard InChI is InChI=1S/C28H21F3O6/c1-3-24(32)34-15-5-6-17-7-9-18(10-8-17)20-13-14-22-21-12-11-19(35-25(33)4-2)16-23(21)36-26(22)27(20)37-28(29,30)31/h3-4,7-14,16H,1-2,5-6,15H2. The normalized spacial score (nSPS) is 11.3. The van der Waals surface area contributed by atoms with Gasteiger partial charge in [-0.25, -0.2) is 9.59 Å². The van der Waals surface area contributed by atoms with Crippen molar-refractivity contribution in [2.24, 2.45) is 0 Å². The van der Waals surface area contributed by atoms with E-state index in [4.69, 9.17) is 13.9 Å². The van der Waals surface area contributed by atoms with Crippen molar-refractivity contribution in [3.05, 3.63) is 85.5 Å². The third-order valence-corrected chi connectivity index (χ3v) is 5.46. The molecule has 1 heterocycles. The van der Waals surface area contributed by atoms with E-state index in [2.05, 4.69) is 17.9 Å². The van der Waals surface area contributed by atoms with Crippen molar-refractivity contribution in [3.63, 3.8) is 0 Å². The minimum atomic E-state index is -4.96. The highest BCUT2D eigenvalue weighted by atomic mass is 19.4. The number of carbonyl (C=O) groups is 2. The van der Waals surface area contributed by atoms with E-state index in [-0.39, 0.29) is 29.1 Å². The van der Waals surface area contributed by atoms with Crippen LogP contribution in [0.4, 0.5) is 13.2 Å². The molecular weight excluding hydrogens is 489 g/mol. The van der Waals surface area contributed by atoms with Gasteiger partial charge < -0.3 is 18.6 Å². The van der Waals surface area contributed by atoms with Gasteiger partial charge in [0.2, 0.25) is 0 Å². The lowest BCUT2D eigenvalue weighted by atomic mass is 9.99. The van der Waals surface area contributed by atoms with Crippen LogP contribution in [0, 0.1) is 0 Å². The summed E-state index contributed by atoms with van der Waals surface area (Å²) >= 11 is 0. The smallest absolute Gasteiger partial charge is 0.463 e. The zero-order chi connectivity index (χ0) is 26.6. The molecule has 6 nitrogen and oxygen atoms in total. The Hall–Kier alpha value is -4.53. The fourth-order valence-electron chi connectivity index (χ4n) is 3.82. The first-order valence-corrected chi connectivity index (χ1v) is 11.2. The molecule has 4 aromatic rings. The van der Waals surface area contributed by atoms with Crippen molar-refractivity contribution in [2.75, 3.05) is 6.61 Å². The Morgan fingerprint density at radius 3 is 2.30 bits per heavy atom. The molecular formula is C28H21F3O6. The van der Waals surface area contributed by atoms with Crippen LogP contribution in [-0.4, -0.2) is 24.9 Å². The van der Waals surface area contributed by atoms with Gasteiger partial charge in [0, 0.05) is 34.6 Å². The fraction of sp³-hybridized carbons (Fsp3) is 0.143. The third-order valence-electron chi connectivity index (χ3n) is 5.46. The summed E-state index contributed by atoms with van der Waals surface area (Å²) in [6.07, 6.45) is -1.69. The first-order valence-electron chi connectivity index (χ1n) is 11.2. The van der Waals surface area contributed by atoms with Gasteiger partial charge in [-0.15, -0.1) is 13.2 Å². The molecule has 0 aliphatic rings. The zero-order valence-electron chi connectivity index (χ0n) is 19.5. The number of benzene rings is 3. The number of hydrogen-bond acceptors (Lipinski definition) is 6. The monoisotopic (exact) mass is 510 g/mol. The van der Waals surface area contributed by atoms with Gasteiger partial charge in [0.1, 0.15) is 11.3 Å². The van der Waals surface area contributed by atoms with Crippen LogP contribution in [0.25, 0.3) is 33.1 Å². The molecule has 37 heavy (non-hydrogen) atoms. The molecule has 0 aliphatic carbocycles. The highest BCUT2D eigenvalue weighted by Gasteiger charge is 2.34. The molecule has 0 spiro atoms. The van der Waals surface area contributed by atoms with Gasteiger partial charge in [-0.1, -0.05) is 37.4 Å². The number of carbonyl (C=O) groups excluding carboxylic acids is 2. The lowest BCUT2D eigenvalue weighted by molar-refractivity contribution is -0.274. The van der Waals surface area contributed by atoms with Crippen LogP contribution < -0.4 is 9.47 Å². The highest BCUT2D eigenvalue weighted by molar-refractivity contribution is 6.09. The minimum absolute atomic E-state index is 0.0925. The molecule has 0 aliphatic heterocycles. The van der Waals surface area contributed by atoms with Gasteiger partial charge in [0.15, 0.2) is 11.3 Å². The van der Waals surface area contributed by atoms with E-state index in [9.17, 15) is 22.8 Å². The Morgan fingerprint density at radius 2 is 1.62 bits per heavy atom. The molecule has 3 aromatic carbocycles. The lowest BCUT2D eigenvalue weighted by Crippen LogP contribution is -2.17. The van der Waals surface area contributed by atoms with E-state index < -0.39 is 24.1 Å². The van der Waals surface area contributed by atoms with Gasteiger partial charge in [-0.3, -0.25) is 0 Å². The van der Waals surface area contributed by atoms with Gasteiger partial charge in [-0.05, 0) is 48.2 Å². The summed E-state index contributed by atoms with van der Waals surface area (Å²) in [5.74, 6) is -1.50. The molecule has 9 heteroatoms. The van der Waals surface area contributed by atoms with Crippen LogP contribution in [0.5, 0.6) is 11.5 Å². The first kappa shape index (κ1) is 25.6. The second-order valence-electron chi connectivity index (χ2n) is 7.92. The number of ether oxygens (including phenoxy) is 3. The Labute approximate surface area is 209 Å². The maximum Gasteiger partial charge on any atom is 0.573 e. The van der Waals surface area contributed by atoms with E-state index in [1.807, 2.05) is 0 Å². The van der Waals surface area contributed by atoms with Crippen molar-refractivity contribution in [1.29, 1.82) is 0 Å². The summed E-state index contributed by atoms with van der Waals surface area (Å²) in [5.41, 5.74) is 1.73. The summed E-state index contributed by atoms with van der Waals surface area (Å²) in [7, 11) is 0. The second-order valence-corrected chi connectivity index (χ2v) is 7.92. The van der Waals surface area contributed by atoms with Crippen LogP contribution >= 0.6 is 0 Å². The summed E-state index contributed by atoms with van der Waals surface area (Å²) in [6.45, 7) is 6.89. The number of halogens is 3. The predicted molar refractivity (Wildman–Crippen MR) is 131 cm³/mol. The van der Waals surface area contributed by atoms with Crippen molar-refractivity contribution in [1.82, 2.24) is 0 Å². The maximum absolute atomic E-state index is 13.4. The largest absolute Gasteiger partial charge is 0.573 e. The quantitative estimate of drug-likeness (QED) is 0.105. The van der Waals surface area contributed by atoms with E-state index in [0.717, 1.165) is 17.7 Å². The molecule has 0 radical (unpaired) electrons. The van der Waals surface area contributed by atoms with Crippen LogP contribution in [0.15, 0.2) is 84.3 Å². The number of hydrogen-bond donors (Lipinski definition) is 0. The Morgan fingerprint density at radius 1 is 0.919 bits per heavy atom. The molecule has 190 valence electrons. The summed E-state index contributed by atoms with van der Waals surface area (Å²) in [5, 5.41) is 0.935. The van der Waals surface area contributed by atoms with Crippen LogP contribution in [0.1, 0.15) is 12.0 Å². The van der Waals surface area contributed by atoms with Gasteiger partial charge in [0.05, 0.1) is 6.61 Å². The lowest BCUT2D eigenvalue weighted by Gasteiger charge is -2.14. The number of aryl methyl sites for hydroxylation is 1. The third kappa shape index (κ3) is 6.00. The summed E-state index contributed by atoms with van der Waals surface area (Å²) in [4.78, 5) is 22.6. The van der Waals surface area contributed by atoms with Crippen molar-refractivity contribution in [3.8, 4) is 22.6 Å². The van der Waals surface area contributed by atoms with Gasteiger partial charge in [0.25, 0.3) is 0 Å². The fourth-order valence-corrected chi connectivity index (χ4v) is 3.82. The number of furan rings is 1. The SMILES string of the molecule is C=CC(=O)OCCCc1ccc(-c2ccc3c(oc4cc(OC(=O)C=C)ccc43)c2OC(F)(F)F)cc1. The topological polar surface area (TPSA) is 75.0 Å². The summed E-state index contributed by atoms with van der Waals surface area (Å²) in [6, 6.07) is 14.6.